The Bertz CT molecular complexity index is 469. The highest BCUT2D eigenvalue weighted by molar-refractivity contribution is 7.07. The Kier molecular flexibility index (Phi) is 4.62. The van der Waals surface area contributed by atoms with Gasteiger partial charge in [-0.2, -0.15) is 11.3 Å². The Morgan fingerprint density at radius 2 is 2.19 bits per heavy atom. The number of amides is 1. The van der Waals surface area contributed by atoms with Crippen molar-refractivity contribution in [1.29, 1.82) is 0 Å². The van der Waals surface area contributed by atoms with Crippen LogP contribution in [0.3, 0.4) is 0 Å². The van der Waals surface area contributed by atoms with Gasteiger partial charge in [0.05, 0.1) is 6.04 Å². The van der Waals surface area contributed by atoms with E-state index in [1.165, 1.54) is 5.56 Å². The number of nitrogens with one attached hydrogen (secondary N) is 1. The van der Waals surface area contributed by atoms with Gasteiger partial charge in [0.2, 0.25) is 5.91 Å². The average Bonchev–Trinajstić information content (AvgIpc) is 3.09. The van der Waals surface area contributed by atoms with Crippen LogP contribution < -0.4 is 5.32 Å². The summed E-state index contributed by atoms with van der Waals surface area (Å²) in [5, 5.41) is 7.76. The van der Waals surface area contributed by atoms with Gasteiger partial charge in [-0.1, -0.05) is 13.8 Å². The first kappa shape index (κ1) is 15.0. The lowest BCUT2D eigenvalue weighted by molar-refractivity contribution is -0.131. The molecule has 116 valence electrons. The van der Waals surface area contributed by atoms with Crippen molar-refractivity contribution in [2.45, 2.75) is 38.9 Å². The lowest BCUT2D eigenvalue weighted by Crippen LogP contribution is -2.38. The number of hydrogen-bond donors (Lipinski definition) is 1. The number of carbonyl (C=O) groups is 1. The monoisotopic (exact) mass is 308 g/mol. The van der Waals surface area contributed by atoms with E-state index in [4.69, 9.17) is 4.74 Å². The summed E-state index contributed by atoms with van der Waals surface area (Å²) in [6, 6.07) is 2.06. The summed E-state index contributed by atoms with van der Waals surface area (Å²) < 4.78 is 5.43. The van der Waals surface area contributed by atoms with Gasteiger partial charge in [0.25, 0.3) is 0 Å². The molecule has 1 amide bonds. The Hall–Kier alpha value is -0.910. The summed E-state index contributed by atoms with van der Waals surface area (Å²) in [6.45, 7) is 6.73. The maximum atomic E-state index is 12.8. The summed E-state index contributed by atoms with van der Waals surface area (Å²) >= 11 is 1.69. The maximum Gasteiger partial charge on any atom is 0.241 e. The summed E-state index contributed by atoms with van der Waals surface area (Å²) in [6.07, 6.45) is 2.16. The molecular weight excluding hydrogens is 284 g/mol. The number of carbonyl (C=O) groups excluding carboxylic acids is 1. The minimum atomic E-state index is -0.0604. The zero-order valence-corrected chi connectivity index (χ0v) is 13.6. The minimum absolute atomic E-state index is 0.0407. The van der Waals surface area contributed by atoms with Crippen molar-refractivity contribution in [3.8, 4) is 0 Å². The van der Waals surface area contributed by atoms with Crippen LogP contribution in [-0.4, -0.2) is 36.6 Å². The number of hydrogen-bond acceptors (Lipinski definition) is 4. The number of nitrogens with zero attached hydrogens (tertiary/aromatic N) is 1. The molecule has 0 aromatic carbocycles. The topological polar surface area (TPSA) is 41.6 Å². The number of ether oxygens (including phenoxy) is 1. The second-order valence-electron chi connectivity index (χ2n) is 6.39. The van der Waals surface area contributed by atoms with Gasteiger partial charge in [-0.25, -0.2) is 0 Å². The van der Waals surface area contributed by atoms with E-state index in [0.717, 1.165) is 32.6 Å². The van der Waals surface area contributed by atoms with Gasteiger partial charge in [0, 0.05) is 19.8 Å². The van der Waals surface area contributed by atoms with Crippen LogP contribution in [0.4, 0.5) is 0 Å². The number of thiophene rings is 1. The van der Waals surface area contributed by atoms with E-state index >= 15 is 0 Å². The lowest BCUT2D eigenvalue weighted by Gasteiger charge is -2.30. The van der Waals surface area contributed by atoms with Crippen molar-refractivity contribution >= 4 is 17.2 Å². The highest BCUT2D eigenvalue weighted by atomic mass is 32.1. The standard InChI is InChI=1S/C16H24N2O2S/c1-11(2)14-16(19)18(9-12-3-6-20-7-4-12)15(17-14)13-5-8-21-10-13/h5,8,10-12,14-15,17H,3-4,6-7,9H2,1-2H3. The fourth-order valence-corrected chi connectivity index (χ4v) is 3.90. The van der Waals surface area contributed by atoms with Crippen LogP contribution in [0.2, 0.25) is 0 Å². The largest absolute Gasteiger partial charge is 0.381 e. The molecule has 4 nitrogen and oxygen atoms in total. The molecule has 2 saturated heterocycles. The molecule has 0 radical (unpaired) electrons. The van der Waals surface area contributed by atoms with Crippen LogP contribution in [0.1, 0.15) is 38.4 Å². The van der Waals surface area contributed by atoms with Gasteiger partial charge in [-0.3, -0.25) is 10.1 Å². The van der Waals surface area contributed by atoms with Crippen LogP contribution in [0.5, 0.6) is 0 Å². The van der Waals surface area contributed by atoms with Crippen LogP contribution >= 0.6 is 11.3 Å². The molecule has 1 aromatic heterocycles. The Morgan fingerprint density at radius 3 is 2.81 bits per heavy atom. The molecule has 2 aliphatic heterocycles. The molecule has 1 aromatic rings. The van der Waals surface area contributed by atoms with Crippen molar-refractivity contribution in [3.63, 3.8) is 0 Å². The van der Waals surface area contributed by atoms with E-state index in [1.807, 2.05) is 0 Å². The summed E-state index contributed by atoms with van der Waals surface area (Å²) in [4.78, 5) is 14.8. The van der Waals surface area contributed by atoms with E-state index in [9.17, 15) is 4.79 Å². The van der Waals surface area contributed by atoms with E-state index in [0.29, 0.717) is 11.8 Å². The highest BCUT2D eigenvalue weighted by Crippen LogP contribution is 2.31. The van der Waals surface area contributed by atoms with Crippen LogP contribution in [0.15, 0.2) is 16.8 Å². The molecule has 3 rings (SSSR count). The fourth-order valence-electron chi connectivity index (χ4n) is 3.22. The summed E-state index contributed by atoms with van der Waals surface area (Å²) in [5.74, 6) is 1.14. The van der Waals surface area contributed by atoms with Crippen LogP contribution in [0.25, 0.3) is 0 Å². The van der Waals surface area contributed by atoms with E-state index < -0.39 is 0 Å². The predicted molar refractivity (Wildman–Crippen MR) is 84.1 cm³/mol. The molecule has 2 unspecified atom stereocenters. The SMILES string of the molecule is CC(C)C1NC(c2ccsc2)N(CC2CCOCC2)C1=O. The fraction of sp³-hybridized carbons (Fsp3) is 0.688. The van der Waals surface area contributed by atoms with E-state index in [2.05, 4.69) is 40.9 Å². The maximum absolute atomic E-state index is 12.8. The van der Waals surface area contributed by atoms with Crippen molar-refractivity contribution in [2.75, 3.05) is 19.8 Å². The van der Waals surface area contributed by atoms with Crippen molar-refractivity contribution in [1.82, 2.24) is 10.2 Å². The van der Waals surface area contributed by atoms with Crippen LogP contribution in [0, 0.1) is 11.8 Å². The van der Waals surface area contributed by atoms with Crippen molar-refractivity contribution < 1.29 is 9.53 Å². The predicted octanol–water partition coefficient (Wildman–Crippen LogP) is 2.63. The van der Waals surface area contributed by atoms with Gasteiger partial charge in [0.1, 0.15) is 6.17 Å². The first-order chi connectivity index (χ1) is 10.2. The first-order valence-electron chi connectivity index (χ1n) is 7.83. The first-order valence-corrected chi connectivity index (χ1v) is 8.77. The molecule has 3 heterocycles. The van der Waals surface area contributed by atoms with Crippen LogP contribution in [-0.2, 0) is 9.53 Å². The molecule has 2 aliphatic rings. The number of rotatable bonds is 4. The van der Waals surface area contributed by atoms with E-state index in [-0.39, 0.29) is 18.1 Å². The molecular formula is C16H24N2O2S. The molecule has 2 fully saturated rings. The smallest absolute Gasteiger partial charge is 0.241 e. The summed E-state index contributed by atoms with van der Waals surface area (Å²) in [5.41, 5.74) is 1.21. The zero-order chi connectivity index (χ0) is 14.8. The van der Waals surface area contributed by atoms with Gasteiger partial charge in [-0.15, -0.1) is 0 Å². The Balaban J connectivity index is 1.77. The quantitative estimate of drug-likeness (QED) is 0.930. The lowest BCUT2D eigenvalue weighted by atomic mass is 9.99. The normalized spacial score (nSPS) is 27.8. The zero-order valence-electron chi connectivity index (χ0n) is 12.7. The van der Waals surface area contributed by atoms with Gasteiger partial charge in [0.15, 0.2) is 0 Å². The van der Waals surface area contributed by atoms with Crippen molar-refractivity contribution in [3.05, 3.63) is 22.4 Å². The van der Waals surface area contributed by atoms with E-state index in [1.54, 1.807) is 11.3 Å². The molecule has 5 heteroatoms. The second-order valence-corrected chi connectivity index (χ2v) is 7.17. The molecule has 1 N–H and O–H groups in total. The second kappa shape index (κ2) is 6.46. The molecule has 0 aliphatic carbocycles. The molecule has 0 saturated carbocycles. The molecule has 21 heavy (non-hydrogen) atoms. The third kappa shape index (κ3) is 3.15. The van der Waals surface area contributed by atoms with Gasteiger partial charge >= 0.3 is 0 Å². The highest BCUT2D eigenvalue weighted by Gasteiger charge is 2.41. The summed E-state index contributed by atoms with van der Waals surface area (Å²) in [7, 11) is 0. The molecule has 0 bridgehead atoms. The third-order valence-electron chi connectivity index (χ3n) is 4.52. The average molecular weight is 308 g/mol. The van der Waals surface area contributed by atoms with Crippen molar-refractivity contribution in [2.24, 2.45) is 11.8 Å². The molecule has 0 spiro atoms. The Morgan fingerprint density at radius 1 is 1.43 bits per heavy atom. The minimum Gasteiger partial charge on any atom is -0.381 e. The molecule has 2 atom stereocenters. The van der Waals surface area contributed by atoms with Gasteiger partial charge in [-0.05, 0) is 47.1 Å². The third-order valence-corrected chi connectivity index (χ3v) is 5.22. The van der Waals surface area contributed by atoms with Gasteiger partial charge < -0.3 is 9.64 Å². The Labute approximate surface area is 130 Å².